The number of para-hydroxylation sites is 1. The van der Waals surface area contributed by atoms with Gasteiger partial charge in [-0.3, -0.25) is 0 Å². The van der Waals surface area contributed by atoms with Gasteiger partial charge < -0.3 is 24.9 Å². The number of hydrogen-bond acceptors (Lipinski definition) is 3. The van der Waals surface area contributed by atoms with Crippen molar-refractivity contribution >= 4 is 29.5 Å². The van der Waals surface area contributed by atoms with Gasteiger partial charge in [0.15, 0.2) is 0 Å². The first-order valence-corrected chi connectivity index (χ1v) is 9.40. The molecule has 0 saturated carbocycles. The van der Waals surface area contributed by atoms with Gasteiger partial charge in [-0.05, 0) is 25.0 Å². The van der Waals surface area contributed by atoms with E-state index in [1.807, 2.05) is 30.3 Å². The van der Waals surface area contributed by atoms with Crippen molar-refractivity contribution in [1.29, 1.82) is 0 Å². The lowest BCUT2D eigenvalue weighted by molar-refractivity contribution is -0.134. The predicted molar refractivity (Wildman–Crippen MR) is 111 cm³/mol. The van der Waals surface area contributed by atoms with Crippen LogP contribution in [0.15, 0.2) is 52.5 Å². The van der Waals surface area contributed by atoms with Crippen LogP contribution >= 0.6 is 0 Å². The van der Waals surface area contributed by atoms with Crippen LogP contribution in [0.4, 0.5) is 5.69 Å². The summed E-state index contributed by atoms with van der Waals surface area (Å²) in [6, 6.07) is 10.1. The molecular weight excluding hydrogens is 374 g/mol. The third-order valence-corrected chi connectivity index (χ3v) is 4.40. The van der Waals surface area contributed by atoms with Gasteiger partial charge in [-0.15, -0.1) is 0 Å². The summed E-state index contributed by atoms with van der Waals surface area (Å²) in [5.41, 5.74) is 0.965. The summed E-state index contributed by atoms with van der Waals surface area (Å²) in [5, 5.41) is 15.6. The number of benzene rings is 1. The summed E-state index contributed by atoms with van der Waals surface area (Å²) in [6.07, 6.45) is 3.57. The van der Waals surface area contributed by atoms with E-state index in [0.29, 0.717) is 12.2 Å². The van der Waals surface area contributed by atoms with E-state index >= 15 is 0 Å². The number of aliphatic imine (C=N–C) groups is 2. The van der Waals surface area contributed by atoms with E-state index < -0.39 is 11.9 Å². The summed E-state index contributed by atoms with van der Waals surface area (Å²) in [4.78, 5) is 35.4. The second-order valence-electron chi connectivity index (χ2n) is 6.71. The van der Waals surface area contributed by atoms with E-state index in [2.05, 4.69) is 28.8 Å². The Kier molecular flexibility index (Phi) is 8.20. The maximum Gasteiger partial charge on any atom is 0.328 e. The van der Waals surface area contributed by atoms with Crippen molar-refractivity contribution in [2.24, 2.45) is 9.98 Å². The molecule has 2 fully saturated rings. The van der Waals surface area contributed by atoms with Crippen LogP contribution in [0, 0.1) is 0 Å². The third-order valence-electron chi connectivity index (χ3n) is 4.40. The molecule has 0 aromatic heterocycles. The highest BCUT2D eigenvalue weighted by Crippen LogP contribution is 2.16. The van der Waals surface area contributed by atoms with Gasteiger partial charge in [0.25, 0.3) is 0 Å². The molecule has 3 rings (SSSR count). The molecule has 1 aromatic rings. The first-order chi connectivity index (χ1) is 13.9. The highest BCUT2D eigenvalue weighted by Gasteiger charge is 2.23. The summed E-state index contributed by atoms with van der Waals surface area (Å²) in [7, 11) is 4.18. The van der Waals surface area contributed by atoms with E-state index in [4.69, 9.17) is 20.2 Å². The van der Waals surface area contributed by atoms with Crippen LogP contribution in [-0.2, 0) is 9.59 Å². The Morgan fingerprint density at radius 3 is 1.90 bits per heavy atom. The van der Waals surface area contributed by atoms with E-state index in [9.17, 15) is 9.59 Å². The lowest BCUT2D eigenvalue weighted by Crippen LogP contribution is -2.33. The SMILES string of the molecule is CN1CCN(C)C1=NC(=Nc1ccccc1)N1CCCC1.O=C(O)/C=C/C(=O)O. The zero-order valence-electron chi connectivity index (χ0n) is 16.7. The Balaban J connectivity index is 0.000000321. The zero-order chi connectivity index (χ0) is 21.2. The molecule has 156 valence electrons. The van der Waals surface area contributed by atoms with Crippen LogP contribution in [0.5, 0.6) is 0 Å². The fourth-order valence-electron chi connectivity index (χ4n) is 2.90. The highest BCUT2D eigenvalue weighted by molar-refractivity contribution is 5.96. The summed E-state index contributed by atoms with van der Waals surface area (Å²) >= 11 is 0. The number of carboxylic acid groups (broad SMARTS) is 2. The molecule has 29 heavy (non-hydrogen) atoms. The molecule has 2 N–H and O–H groups in total. The molecule has 0 atom stereocenters. The molecule has 9 heteroatoms. The molecule has 0 unspecified atom stereocenters. The fraction of sp³-hybridized carbons (Fsp3) is 0.400. The Morgan fingerprint density at radius 1 is 0.897 bits per heavy atom. The minimum atomic E-state index is -1.26. The van der Waals surface area contributed by atoms with Gasteiger partial charge >= 0.3 is 11.9 Å². The number of nitrogens with zero attached hydrogens (tertiary/aromatic N) is 5. The molecule has 0 aliphatic carbocycles. The second-order valence-corrected chi connectivity index (χ2v) is 6.71. The molecule has 2 aliphatic rings. The maximum absolute atomic E-state index is 9.55. The topological polar surface area (TPSA) is 109 Å². The number of hydrogen-bond donors (Lipinski definition) is 2. The van der Waals surface area contributed by atoms with Crippen molar-refractivity contribution in [3.8, 4) is 0 Å². The quantitative estimate of drug-likeness (QED) is 0.451. The minimum Gasteiger partial charge on any atom is -0.478 e. The molecular formula is C20H27N5O4. The Morgan fingerprint density at radius 2 is 1.41 bits per heavy atom. The van der Waals surface area contributed by atoms with Crippen LogP contribution in [0.25, 0.3) is 0 Å². The van der Waals surface area contributed by atoms with Crippen molar-refractivity contribution in [2.75, 3.05) is 40.3 Å². The van der Waals surface area contributed by atoms with Gasteiger partial charge in [0.2, 0.25) is 11.9 Å². The number of likely N-dealkylation sites (N-methyl/N-ethyl adjacent to an activating group) is 2. The monoisotopic (exact) mass is 401 g/mol. The molecule has 9 nitrogen and oxygen atoms in total. The normalized spacial score (nSPS) is 16.8. The number of rotatable bonds is 3. The van der Waals surface area contributed by atoms with Gasteiger partial charge in [0.1, 0.15) is 0 Å². The standard InChI is InChI=1S/C16H23N5.C4H4O4/c1-19-12-13-20(2)16(19)18-15(21-10-6-7-11-21)17-14-8-4-3-5-9-14;5-3(6)1-2-4(7)8/h3-5,8-9H,6-7,10-13H2,1-2H3;1-2H,(H,5,6)(H,7,8)/b;2-1+. The lowest BCUT2D eigenvalue weighted by atomic mass is 10.3. The Labute approximate surface area is 170 Å². The van der Waals surface area contributed by atoms with Crippen molar-refractivity contribution in [2.45, 2.75) is 12.8 Å². The Bertz CT molecular complexity index is 757. The van der Waals surface area contributed by atoms with E-state index in [0.717, 1.165) is 43.8 Å². The smallest absolute Gasteiger partial charge is 0.328 e. The average Bonchev–Trinajstić information content (AvgIpc) is 3.33. The molecule has 2 saturated heterocycles. The van der Waals surface area contributed by atoms with Gasteiger partial charge in [0.05, 0.1) is 5.69 Å². The van der Waals surface area contributed by atoms with Gasteiger partial charge in [-0.2, -0.15) is 4.99 Å². The molecule has 0 spiro atoms. The third kappa shape index (κ3) is 7.28. The Hall–Kier alpha value is -3.36. The van der Waals surface area contributed by atoms with Crippen molar-refractivity contribution in [1.82, 2.24) is 14.7 Å². The highest BCUT2D eigenvalue weighted by atomic mass is 16.4. The number of carbonyl (C=O) groups is 2. The number of likely N-dealkylation sites (tertiary alicyclic amines) is 1. The van der Waals surface area contributed by atoms with E-state index in [1.165, 1.54) is 12.8 Å². The first kappa shape index (κ1) is 21.9. The molecule has 2 heterocycles. The van der Waals surface area contributed by atoms with Gasteiger partial charge in [0, 0.05) is 52.4 Å². The lowest BCUT2D eigenvalue weighted by Gasteiger charge is -2.21. The predicted octanol–water partition coefficient (Wildman–Crippen LogP) is 1.71. The average molecular weight is 401 g/mol. The summed E-state index contributed by atoms with van der Waals surface area (Å²) in [6.45, 7) is 4.15. The molecule has 1 aromatic carbocycles. The summed E-state index contributed by atoms with van der Waals surface area (Å²) in [5.74, 6) is -0.661. The number of aliphatic carboxylic acids is 2. The van der Waals surface area contributed by atoms with Crippen LogP contribution in [0.1, 0.15) is 12.8 Å². The molecule has 0 amide bonds. The van der Waals surface area contributed by atoms with E-state index in [1.54, 1.807) is 0 Å². The summed E-state index contributed by atoms with van der Waals surface area (Å²) < 4.78 is 0. The molecule has 2 aliphatic heterocycles. The van der Waals surface area contributed by atoms with Crippen LogP contribution < -0.4 is 0 Å². The van der Waals surface area contributed by atoms with Crippen LogP contribution in [0.3, 0.4) is 0 Å². The number of guanidine groups is 2. The maximum atomic E-state index is 9.55. The van der Waals surface area contributed by atoms with Crippen molar-refractivity contribution in [3.63, 3.8) is 0 Å². The molecule has 0 bridgehead atoms. The first-order valence-electron chi connectivity index (χ1n) is 9.40. The minimum absolute atomic E-state index is 0.558. The zero-order valence-corrected chi connectivity index (χ0v) is 16.7. The van der Waals surface area contributed by atoms with Crippen molar-refractivity contribution in [3.05, 3.63) is 42.5 Å². The second kappa shape index (κ2) is 10.8. The molecule has 0 radical (unpaired) electrons. The van der Waals surface area contributed by atoms with E-state index in [-0.39, 0.29) is 0 Å². The van der Waals surface area contributed by atoms with Gasteiger partial charge in [-0.25, -0.2) is 14.6 Å². The van der Waals surface area contributed by atoms with Gasteiger partial charge in [-0.1, -0.05) is 18.2 Å². The van der Waals surface area contributed by atoms with Crippen LogP contribution in [0.2, 0.25) is 0 Å². The number of carboxylic acids is 2. The largest absolute Gasteiger partial charge is 0.478 e. The van der Waals surface area contributed by atoms with Crippen molar-refractivity contribution < 1.29 is 19.8 Å². The van der Waals surface area contributed by atoms with Crippen LogP contribution in [-0.4, -0.2) is 89.0 Å². The fourth-order valence-corrected chi connectivity index (χ4v) is 2.90.